The van der Waals surface area contributed by atoms with Crippen molar-refractivity contribution in [1.29, 1.82) is 0 Å². The van der Waals surface area contributed by atoms with Crippen molar-refractivity contribution in [1.82, 2.24) is 5.32 Å². The van der Waals surface area contributed by atoms with Gasteiger partial charge in [-0.1, -0.05) is 58.4 Å². The zero-order chi connectivity index (χ0) is 22.3. The number of carbonyl (C=O) groups is 2. The quantitative estimate of drug-likeness (QED) is 0.490. The van der Waals surface area contributed by atoms with Gasteiger partial charge in [-0.2, -0.15) is 0 Å². The predicted molar refractivity (Wildman–Crippen MR) is 126 cm³/mol. The zero-order valence-electron chi connectivity index (χ0n) is 17.2. The summed E-state index contributed by atoms with van der Waals surface area (Å²) in [7, 11) is 0. The number of nitrogens with one attached hydrogen (secondary N) is 2. The summed E-state index contributed by atoms with van der Waals surface area (Å²) in [5.41, 5.74) is 1.13. The summed E-state index contributed by atoms with van der Waals surface area (Å²) in [5, 5.41) is 17.8. The maximum absolute atomic E-state index is 13.8. The van der Waals surface area contributed by atoms with Gasteiger partial charge in [0.25, 0.3) is 11.6 Å². The van der Waals surface area contributed by atoms with E-state index in [1.165, 1.54) is 5.56 Å². The van der Waals surface area contributed by atoms with Crippen molar-refractivity contribution >= 4 is 39.2 Å². The first kappa shape index (κ1) is 20.7. The minimum atomic E-state index is -2.23. The Labute approximate surface area is 194 Å². The molecule has 0 radical (unpaired) electrons. The Morgan fingerprint density at radius 2 is 1.84 bits per heavy atom. The van der Waals surface area contributed by atoms with E-state index in [0.29, 0.717) is 21.4 Å². The second kappa shape index (κ2) is 8.07. The minimum Gasteiger partial charge on any atom is -0.359 e. The van der Waals surface area contributed by atoms with E-state index in [2.05, 4.69) is 32.6 Å². The number of halogens is 1. The first-order valence-electron chi connectivity index (χ1n) is 10.6. The molecule has 0 unspecified atom stereocenters. The van der Waals surface area contributed by atoms with Gasteiger partial charge in [-0.15, -0.1) is 0 Å². The Hall–Kier alpha value is -3.16. The molecule has 0 aromatic heterocycles. The number of fused-ring (bicyclic) bond motifs is 2. The van der Waals surface area contributed by atoms with E-state index in [9.17, 15) is 14.7 Å². The van der Waals surface area contributed by atoms with Crippen LogP contribution < -0.4 is 15.5 Å². The van der Waals surface area contributed by atoms with Crippen LogP contribution in [-0.2, 0) is 16.9 Å². The van der Waals surface area contributed by atoms with Gasteiger partial charge in [0.05, 0.1) is 11.7 Å². The van der Waals surface area contributed by atoms with E-state index in [1.54, 1.807) is 42.5 Å². The number of urea groups is 1. The van der Waals surface area contributed by atoms with E-state index in [1.807, 2.05) is 24.3 Å². The van der Waals surface area contributed by atoms with E-state index >= 15 is 0 Å². The Morgan fingerprint density at radius 1 is 1.09 bits per heavy atom. The lowest BCUT2D eigenvalue weighted by atomic mass is 9.87. The third-order valence-corrected chi connectivity index (χ3v) is 6.62. The topological polar surface area (TPSA) is 81.7 Å². The van der Waals surface area contributed by atoms with Crippen molar-refractivity contribution in [3.63, 3.8) is 0 Å². The van der Waals surface area contributed by atoms with Crippen LogP contribution >= 0.6 is 15.9 Å². The third-order valence-electron chi connectivity index (χ3n) is 6.13. The monoisotopic (exact) mass is 491 g/mol. The van der Waals surface area contributed by atoms with Gasteiger partial charge in [0.2, 0.25) is 0 Å². The molecule has 0 bridgehead atoms. The van der Waals surface area contributed by atoms with Crippen molar-refractivity contribution < 1.29 is 14.7 Å². The molecule has 0 spiro atoms. The number of amides is 3. The predicted octanol–water partition coefficient (Wildman–Crippen LogP) is 4.84. The van der Waals surface area contributed by atoms with Crippen LogP contribution in [0.5, 0.6) is 0 Å². The van der Waals surface area contributed by atoms with Crippen LogP contribution in [0.1, 0.15) is 35.6 Å². The maximum atomic E-state index is 13.8. The largest absolute Gasteiger partial charge is 0.359 e. The van der Waals surface area contributed by atoms with Crippen LogP contribution in [0.2, 0.25) is 0 Å². The van der Waals surface area contributed by atoms with Crippen molar-refractivity contribution in [3.8, 4) is 0 Å². The molecule has 32 heavy (non-hydrogen) atoms. The van der Waals surface area contributed by atoms with E-state index in [4.69, 9.17) is 0 Å². The molecule has 1 aliphatic heterocycles. The molecule has 3 aromatic rings. The fourth-order valence-electron chi connectivity index (χ4n) is 4.62. The maximum Gasteiger partial charge on any atom is 0.329 e. The van der Waals surface area contributed by atoms with E-state index in [-0.39, 0.29) is 6.04 Å². The summed E-state index contributed by atoms with van der Waals surface area (Å²) in [6, 6.07) is 21.0. The van der Waals surface area contributed by atoms with Crippen LogP contribution in [-0.4, -0.2) is 17.0 Å². The SMILES string of the molecule is O=C1Nc2ccc(Br)cc2[C@@](O)(C(=O)N[C@@H]2CCCc3ccccc32)N1c1ccccc1. The number of aryl methyl sites for hydroxylation is 1. The molecule has 0 saturated carbocycles. The number of rotatable bonds is 3. The summed E-state index contributed by atoms with van der Waals surface area (Å²) < 4.78 is 0.689. The highest BCUT2D eigenvalue weighted by atomic mass is 79.9. The van der Waals surface area contributed by atoms with Gasteiger partial charge < -0.3 is 15.7 Å². The number of aliphatic hydroxyl groups is 1. The number of nitrogens with zero attached hydrogens (tertiary/aromatic N) is 1. The number of hydrogen-bond acceptors (Lipinski definition) is 3. The Kier molecular flexibility index (Phi) is 5.23. The fourth-order valence-corrected chi connectivity index (χ4v) is 4.98. The molecule has 5 rings (SSSR count). The van der Waals surface area contributed by atoms with Crippen LogP contribution in [0.15, 0.2) is 77.3 Å². The van der Waals surface area contributed by atoms with E-state index in [0.717, 1.165) is 29.7 Å². The van der Waals surface area contributed by atoms with Crippen molar-refractivity contribution in [3.05, 3.63) is 94.0 Å². The molecular weight excluding hydrogens is 470 g/mol. The zero-order valence-corrected chi connectivity index (χ0v) is 18.8. The number of benzene rings is 3. The molecular formula is C25H22BrN3O3. The van der Waals surface area contributed by atoms with E-state index < -0.39 is 17.7 Å². The number of anilines is 2. The number of carbonyl (C=O) groups excluding carboxylic acids is 2. The smallest absolute Gasteiger partial charge is 0.329 e. The molecule has 1 aliphatic carbocycles. The summed E-state index contributed by atoms with van der Waals surface area (Å²) in [6.45, 7) is 0. The Balaban J connectivity index is 1.61. The first-order chi connectivity index (χ1) is 15.5. The van der Waals surface area contributed by atoms with Crippen molar-refractivity contribution in [2.75, 3.05) is 10.2 Å². The van der Waals surface area contributed by atoms with Gasteiger partial charge >= 0.3 is 6.03 Å². The average molecular weight is 492 g/mol. The highest BCUT2D eigenvalue weighted by Gasteiger charge is 2.52. The van der Waals surface area contributed by atoms with Gasteiger partial charge in [0, 0.05) is 15.7 Å². The average Bonchev–Trinajstić information content (AvgIpc) is 2.80. The number of hydrogen-bond donors (Lipinski definition) is 3. The molecule has 2 aliphatic rings. The second-order valence-corrected chi connectivity index (χ2v) is 9.00. The highest BCUT2D eigenvalue weighted by molar-refractivity contribution is 9.10. The van der Waals surface area contributed by atoms with Crippen LogP contribution in [0.25, 0.3) is 0 Å². The lowest BCUT2D eigenvalue weighted by molar-refractivity contribution is -0.141. The lowest BCUT2D eigenvalue weighted by Gasteiger charge is -2.43. The Morgan fingerprint density at radius 3 is 2.66 bits per heavy atom. The van der Waals surface area contributed by atoms with Gasteiger partial charge in [-0.25, -0.2) is 4.79 Å². The highest BCUT2D eigenvalue weighted by Crippen LogP contribution is 2.41. The molecule has 6 nitrogen and oxygen atoms in total. The lowest BCUT2D eigenvalue weighted by Crippen LogP contribution is -2.63. The van der Waals surface area contributed by atoms with Crippen LogP contribution in [0, 0.1) is 0 Å². The molecule has 0 fully saturated rings. The van der Waals surface area contributed by atoms with Gasteiger partial charge in [-0.3, -0.25) is 9.69 Å². The minimum absolute atomic E-state index is 0.241. The van der Waals surface area contributed by atoms with Gasteiger partial charge in [-0.05, 0) is 60.7 Å². The third kappa shape index (κ3) is 3.38. The summed E-state index contributed by atoms with van der Waals surface area (Å²) >= 11 is 3.43. The number of para-hydroxylation sites is 1. The van der Waals surface area contributed by atoms with Crippen molar-refractivity contribution in [2.24, 2.45) is 0 Å². The first-order valence-corrected chi connectivity index (χ1v) is 11.3. The van der Waals surface area contributed by atoms with Crippen LogP contribution in [0.4, 0.5) is 16.2 Å². The summed E-state index contributed by atoms with van der Waals surface area (Å²) in [5.74, 6) is -0.641. The molecule has 3 aromatic carbocycles. The molecule has 162 valence electrons. The summed E-state index contributed by atoms with van der Waals surface area (Å²) in [6.07, 6.45) is 2.66. The van der Waals surface area contributed by atoms with Crippen molar-refractivity contribution in [2.45, 2.75) is 31.0 Å². The van der Waals surface area contributed by atoms with Crippen LogP contribution in [0.3, 0.4) is 0 Å². The van der Waals surface area contributed by atoms with Gasteiger partial charge in [0.15, 0.2) is 0 Å². The molecule has 2 atom stereocenters. The standard InChI is InChI=1S/C25H22BrN3O3/c26-17-13-14-22-20(15-17)25(32,29(24(31)28-22)18-9-2-1-3-10-18)23(30)27-21-12-6-8-16-7-4-5-11-19(16)21/h1-5,7,9-11,13-15,21,32H,6,8,12H2,(H,27,30)(H,28,31)/t21-,25-/m1/s1. The Bertz CT molecular complexity index is 1200. The fraction of sp³-hybridized carbons (Fsp3) is 0.200. The molecule has 3 amide bonds. The normalized spacial score (nSPS) is 21.9. The second-order valence-electron chi connectivity index (χ2n) is 8.08. The molecule has 3 N–H and O–H groups in total. The molecule has 0 saturated heterocycles. The summed E-state index contributed by atoms with van der Waals surface area (Å²) in [4.78, 5) is 28.0. The van der Waals surface area contributed by atoms with Gasteiger partial charge in [0.1, 0.15) is 0 Å². The molecule has 7 heteroatoms. The molecule has 1 heterocycles.